The van der Waals surface area contributed by atoms with E-state index in [2.05, 4.69) is 12.2 Å². The van der Waals surface area contributed by atoms with Gasteiger partial charge < -0.3 is 5.32 Å². The van der Waals surface area contributed by atoms with Crippen molar-refractivity contribution in [3.63, 3.8) is 0 Å². The molecule has 2 nitrogen and oxygen atoms in total. The molecule has 0 saturated heterocycles. The molecule has 54 valence electrons. The number of hydrogen-bond donors (Lipinski definition) is 1. The lowest BCUT2D eigenvalue weighted by molar-refractivity contribution is -0.109. The number of hydrogen-bond acceptors (Lipinski definition) is 2. The van der Waals surface area contributed by atoms with Gasteiger partial charge in [-0.05, 0) is 12.2 Å². The first kappa shape index (κ1) is 8.82. The zero-order valence-corrected chi connectivity index (χ0v) is 6.54. The van der Waals surface area contributed by atoms with Crippen LogP contribution < -0.4 is 5.32 Å². The van der Waals surface area contributed by atoms with Crippen molar-refractivity contribution in [1.29, 1.82) is 0 Å². The second-order valence-electron chi connectivity index (χ2n) is 1.73. The summed E-state index contributed by atoms with van der Waals surface area (Å²) in [7, 11) is 0. The van der Waals surface area contributed by atoms with Crippen LogP contribution in [0.15, 0.2) is 0 Å². The van der Waals surface area contributed by atoms with Gasteiger partial charge in [0.05, 0.1) is 5.88 Å². The fourth-order valence-corrected chi connectivity index (χ4v) is 1.23. The fourth-order valence-electron chi connectivity index (χ4n) is 0.412. The highest BCUT2D eigenvalue weighted by molar-refractivity contribution is 7.99. The molecule has 0 heterocycles. The number of rotatable bonds is 6. The maximum absolute atomic E-state index is 9.71. The van der Waals surface area contributed by atoms with Crippen LogP contribution in [0.4, 0.5) is 0 Å². The van der Waals surface area contributed by atoms with E-state index in [4.69, 9.17) is 0 Å². The quantitative estimate of drug-likeness (QED) is 0.348. The molecule has 3 heteroatoms. The minimum atomic E-state index is 0.735. The molecule has 0 bridgehead atoms. The van der Waals surface area contributed by atoms with Crippen molar-refractivity contribution in [2.24, 2.45) is 0 Å². The molecule has 0 aliphatic rings. The van der Waals surface area contributed by atoms with E-state index in [1.807, 2.05) is 0 Å². The Kier molecular flexibility index (Phi) is 7.66. The lowest BCUT2D eigenvalue weighted by atomic mass is 10.4. The zero-order valence-electron chi connectivity index (χ0n) is 5.72. The van der Waals surface area contributed by atoms with Crippen molar-refractivity contribution in [1.82, 2.24) is 5.32 Å². The lowest BCUT2D eigenvalue weighted by Crippen LogP contribution is -2.08. The summed E-state index contributed by atoms with van der Waals surface area (Å²) in [6, 6.07) is 0. The van der Waals surface area contributed by atoms with Crippen LogP contribution >= 0.6 is 11.8 Å². The Morgan fingerprint density at radius 3 is 3.00 bits per heavy atom. The second-order valence-corrected chi connectivity index (χ2v) is 2.83. The number of unbranched alkanes of at least 4 members (excludes halogenated alkanes) is 1. The van der Waals surface area contributed by atoms with Gasteiger partial charge in [0.2, 0.25) is 6.41 Å². The molecular formula is C6H13NOS. The molecule has 0 rings (SSSR count). The lowest BCUT2D eigenvalue weighted by Gasteiger charge is -1.96. The molecule has 1 amide bonds. The van der Waals surface area contributed by atoms with Crippen LogP contribution in [0.1, 0.15) is 19.8 Å². The first-order valence-electron chi connectivity index (χ1n) is 3.16. The molecular weight excluding hydrogens is 134 g/mol. The predicted octanol–water partition coefficient (Wildman–Crippen LogP) is 1.22. The van der Waals surface area contributed by atoms with Crippen LogP contribution in [0.3, 0.4) is 0 Å². The zero-order chi connectivity index (χ0) is 6.95. The van der Waals surface area contributed by atoms with E-state index in [1.54, 1.807) is 11.8 Å². The van der Waals surface area contributed by atoms with Crippen LogP contribution in [0.2, 0.25) is 0 Å². The van der Waals surface area contributed by atoms with E-state index < -0.39 is 0 Å². The monoisotopic (exact) mass is 147 g/mol. The number of carbonyl (C=O) groups is 1. The van der Waals surface area contributed by atoms with E-state index in [0.717, 1.165) is 18.0 Å². The minimum Gasteiger partial charge on any atom is -0.350 e. The maximum Gasteiger partial charge on any atom is 0.207 e. The maximum atomic E-state index is 9.71. The molecule has 0 radical (unpaired) electrons. The molecule has 0 fully saturated rings. The smallest absolute Gasteiger partial charge is 0.207 e. The minimum absolute atomic E-state index is 0.735. The summed E-state index contributed by atoms with van der Waals surface area (Å²) in [4.78, 5) is 9.71. The van der Waals surface area contributed by atoms with Gasteiger partial charge in [0, 0.05) is 0 Å². The summed E-state index contributed by atoms with van der Waals surface area (Å²) >= 11 is 1.76. The predicted molar refractivity (Wildman–Crippen MR) is 41.4 cm³/mol. The van der Waals surface area contributed by atoms with Gasteiger partial charge in [-0.25, -0.2) is 0 Å². The van der Waals surface area contributed by atoms with Gasteiger partial charge >= 0.3 is 0 Å². The Morgan fingerprint density at radius 1 is 1.67 bits per heavy atom. The average Bonchev–Trinajstić information content (AvgIpc) is 1.89. The van der Waals surface area contributed by atoms with Gasteiger partial charge in [0.1, 0.15) is 0 Å². The van der Waals surface area contributed by atoms with Crippen molar-refractivity contribution >= 4 is 18.2 Å². The van der Waals surface area contributed by atoms with Crippen molar-refractivity contribution in [3.05, 3.63) is 0 Å². The Balaban J connectivity index is 2.66. The van der Waals surface area contributed by atoms with Gasteiger partial charge in [-0.15, -0.1) is 11.8 Å². The van der Waals surface area contributed by atoms with Crippen molar-refractivity contribution < 1.29 is 4.79 Å². The van der Waals surface area contributed by atoms with E-state index >= 15 is 0 Å². The van der Waals surface area contributed by atoms with Gasteiger partial charge in [0.15, 0.2) is 0 Å². The SMILES string of the molecule is CCCCSCNC=O. The summed E-state index contributed by atoms with van der Waals surface area (Å²) in [5.41, 5.74) is 0. The van der Waals surface area contributed by atoms with E-state index in [0.29, 0.717) is 0 Å². The molecule has 0 aromatic heterocycles. The Bertz CT molecular complexity index is 68.1. The van der Waals surface area contributed by atoms with Gasteiger partial charge in [-0.2, -0.15) is 0 Å². The molecule has 0 spiro atoms. The standard InChI is InChI=1S/C6H13NOS/c1-2-3-4-9-6-7-5-8/h5H,2-4,6H2,1H3,(H,7,8). The molecule has 0 unspecified atom stereocenters. The Morgan fingerprint density at radius 2 is 2.44 bits per heavy atom. The van der Waals surface area contributed by atoms with Crippen molar-refractivity contribution in [3.8, 4) is 0 Å². The van der Waals surface area contributed by atoms with Crippen LogP contribution in [-0.4, -0.2) is 18.0 Å². The van der Waals surface area contributed by atoms with Gasteiger partial charge in [-0.1, -0.05) is 13.3 Å². The average molecular weight is 147 g/mol. The molecule has 0 saturated carbocycles. The van der Waals surface area contributed by atoms with Crippen LogP contribution in [0, 0.1) is 0 Å². The van der Waals surface area contributed by atoms with E-state index in [9.17, 15) is 4.79 Å². The third-order valence-corrected chi connectivity index (χ3v) is 1.86. The molecule has 9 heavy (non-hydrogen) atoms. The molecule has 0 aromatic carbocycles. The molecule has 0 atom stereocenters. The van der Waals surface area contributed by atoms with Crippen molar-refractivity contribution in [2.75, 3.05) is 11.6 Å². The third kappa shape index (κ3) is 7.82. The van der Waals surface area contributed by atoms with Crippen molar-refractivity contribution in [2.45, 2.75) is 19.8 Å². The first-order valence-corrected chi connectivity index (χ1v) is 4.32. The number of amides is 1. The fraction of sp³-hybridized carbons (Fsp3) is 0.833. The molecule has 0 aliphatic carbocycles. The largest absolute Gasteiger partial charge is 0.350 e. The second kappa shape index (κ2) is 7.82. The van der Waals surface area contributed by atoms with Crippen LogP contribution in [0.5, 0.6) is 0 Å². The van der Waals surface area contributed by atoms with E-state index in [1.165, 1.54) is 12.8 Å². The van der Waals surface area contributed by atoms with Crippen LogP contribution in [0.25, 0.3) is 0 Å². The highest BCUT2D eigenvalue weighted by atomic mass is 32.2. The highest BCUT2D eigenvalue weighted by Gasteiger charge is 1.83. The number of carbonyl (C=O) groups excluding carboxylic acids is 1. The van der Waals surface area contributed by atoms with Gasteiger partial charge in [0.25, 0.3) is 0 Å². The topological polar surface area (TPSA) is 29.1 Å². The molecule has 1 N–H and O–H groups in total. The van der Waals surface area contributed by atoms with Gasteiger partial charge in [-0.3, -0.25) is 4.79 Å². The summed E-state index contributed by atoms with van der Waals surface area (Å²) in [6.07, 6.45) is 3.21. The molecule has 0 aliphatic heterocycles. The number of thioether (sulfide) groups is 1. The third-order valence-electron chi connectivity index (χ3n) is 0.911. The normalized spacial score (nSPS) is 9.00. The number of nitrogens with one attached hydrogen (secondary N) is 1. The molecule has 0 aromatic rings. The highest BCUT2D eigenvalue weighted by Crippen LogP contribution is 2.00. The Labute approximate surface area is 60.4 Å². The van der Waals surface area contributed by atoms with E-state index in [-0.39, 0.29) is 0 Å². The summed E-state index contributed by atoms with van der Waals surface area (Å²) in [5, 5.41) is 2.59. The summed E-state index contributed by atoms with van der Waals surface area (Å²) < 4.78 is 0. The Hall–Kier alpha value is -0.180. The first-order chi connectivity index (χ1) is 4.41. The summed E-state index contributed by atoms with van der Waals surface area (Å²) in [6.45, 7) is 2.16. The van der Waals surface area contributed by atoms with Crippen LogP contribution in [-0.2, 0) is 4.79 Å². The summed E-state index contributed by atoms with van der Waals surface area (Å²) in [5.74, 6) is 1.90.